The van der Waals surface area contributed by atoms with Crippen LogP contribution in [0.5, 0.6) is 0 Å². The first-order chi connectivity index (χ1) is 9.75. The highest BCUT2D eigenvalue weighted by atomic mass is 16.3. The lowest BCUT2D eigenvalue weighted by atomic mass is 10.2. The van der Waals surface area contributed by atoms with Crippen molar-refractivity contribution in [3.63, 3.8) is 0 Å². The van der Waals surface area contributed by atoms with Gasteiger partial charge in [0.2, 0.25) is 0 Å². The topological polar surface area (TPSA) is 45.5 Å². The van der Waals surface area contributed by atoms with Gasteiger partial charge >= 0.3 is 0 Å². The van der Waals surface area contributed by atoms with Crippen molar-refractivity contribution in [2.45, 2.75) is 19.4 Å². The molecule has 1 aliphatic rings. The van der Waals surface area contributed by atoms with E-state index in [4.69, 9.17) is 4.42 Å². The van der Waals surface area contributed by atoms with Gasteiger partial charge in [0, 0.05) is 24.8 Å². The monoisotopic (exact) mass is 270 g/mol. The SMILES string of the molecule is C[C@H](CNC(=O)c1ccco1)N1CCc2ccccc21. The van der Waals surface area contributed by atoms with Crippen LogP contribution in [0.15, 0.2) is 47.1 Å². The minimum absolute atomic E-state index is 0.158. The van der Waals surface area contributed by atoms with E-state index in [1.807, 2.05) is 0 Å². The molecule has 2 aromatic rings. The van der Waals surface area contributed by atoms with Crippen LogP contribution in [0.2, 0.25) is 0 Å². The van der Waals surface area contributed by atoms with Crippen molar-refractivity contribution >= 4 is 11.6 Å². The van der Waals surface area contributed by atoms with E-state index in [9.17, 15) is 4.79 Å². The maximum Gasteiger partial charge on any atom is 0.287 e. The zero-order chi connectivity index (χ0) is 13.9. The van der Waals surface area contributed by atoms with Gasteiger partial charge in [-0.3, -0.25) is 4.79 Å². The Kier molecular flexibility index (Phi) is 3.46. The van der Waals surface area contributed by atoms with Crippen molar-refractivity contribution in [1.29, 1.82) is 0 Å². The number of anilines is 1. The number of hydrogen-bond acceptors (Lipinski definition) is 3. The number of carbonyl (C=O) groups excluding carboxylic acids is 1. The van der Waals surface area contributed by atoms with E-state index in [0.29, 0.717) is 12.3 Å². The Labute approximate surface area is 118 Å². The minimum Gasteiger partial charge on any atom is -0.459 e. The van der Waals surface area contributed by atoms with Crippen LogP contribution in [-0.4, -0.2) is 25.0 Å². The quantitative estimate of drug-likeness (QED) is 0.928. The van der Waals surface area contributed by atoms with Crippen LogP contribution >= 0.6 is 0 Å². The molecule has 1 aliphatic heterocycles. The molecule has 0 fully saturated rings. The fraction of sp³-hybridized carbons (Fsp3) is 0.312. The van der Waals surface area contributed by atoms with Crippen LogP contribution in [0.4, 0.5) is 5.69 Å². The molecule has 0 saturated heterocycles. The van der Waals surface area contributed by atoms with Crippen molar-refractivity contribution in [3.05, 3.63) is 54.0 Å². The summed E-state index contributed by atoms with van der Waals surface area (Å²) < 4.78 is 5.08. The first kappa shape index (κ1) is 12.8. The van der Waals surface area contributed by atoms with Gasteiger partial charge in [-0.15, -0.1) is 0 Å². The molecular weight excluding hydrogens is 252 g/mol. The summed E-state index contributed by atoms with van der Waals surface area (Å²) in [6.45, 7) is 3.75. The van der Waals surface area contributed by atoms with E-state index in [2.05, 4.69) is 41.4 Å². The number of hydrogen-bond donors (Lipinski definition) is 1. The highest BCUT2D eigenvalue weighted by Gasteiger charge is 2.23. The van der Waals surface area contributed by atoms with E-state index in [0.717, 1.165) is 13.0 Å². The summed E-state index contributed by atoms with van der Waals surface area (Å²) in [7, 11) is 0. The normalized spacial score (nSPS) is 14.9. The van der Waals surface area contributed by atoms with Gasteiger partial charge < -0.3 is 14.6 Å². The number of benzene rings is 1. The molecule has 1 atom stereocenters. The smallest absolute Gasteiger partial charge is 0.287 e. The van der Waals surface area contributed by atoms with E-state index >= 15 is 0 Å². The van der Waals surface area contributed by atoms with Gasteiger partial charge in [0.15, 0.2) is 5.76 Å². The number of nitrogens with zero attached hydrogens (tertiary/aromatic N) is 1. The van der Waals surface area contributed by atoms with E-state index in [1.54, 1.807) is 12.1 Å². The molecule has 0 spiro atoms. The summed E-state index contributed by atoms with van der Waals surface area (Å²) in [5.74, 6) is 0.202. The third-order valence-electron chi connectivity index (χ3n) is 3.76. The first-order valence-corrected chi connectivity index (χ1v) is 6.92. The number of rotatable bonds is 4. The lowest BCUT2D eigenvalue weighted by Crippen LogP contribution is -2.41. The Morgan fingerprint density at radius 2 is 2.20 bits per heavy atom. The van der Waals surface area contributed by atoms with Crippen LogP contribution in [0.25, 0.3) is 0 Å². The summed E-state index contributed by atoms with van der Waals surface area (Å²) >= 11 is 0. The van der Waals surface area contributed by atoms with Crippen LogP contribution in [0.1, 0.15) is 23.0 Å². The Bertz CT molecular complexity index is 592. The van der Waals surface area contributed by atoms with Crippen molar-refractivity contribution in [3.8, 4) is 0 Å². The van der Waals surface area contributed by atoms with Crippen LogP contribution < -0.4 is 10.2 Å². The number of carbonyl (C=O) groups is 1. The third kappa shape index (κ3) is 2.41. The lowest BCUT2D eigenvalue weighted by Gasteiger charge is -2.27. The second-order valence-corrected chi connectivity index (χ2v) is 5.11. The number of para-hydroxylation sites is 1. The molecule has 3 rings (SSSR count). The summed E-state index contributed by atoms with van der Waals surface area (Å²) in [4.78, 5) is 14.2. The number of fused-ring (bicyclic) bond motifs is 1. The Morgan fingerprint density at radius 3 is 3.00 bits per heavy atom. The Hall–Kier alpha value is -2.23. The molecular formula is C16H18N2O2. The highest BCUT2D eigenvalue weighted by molar-refractivity contribution is 5.91. The molecule has 2 heterocycles. The minimum atomic E-state index is -0.158. The maximum absolute atomic E-state index is 11.8. The number of furan rings is 1. The lowest BCUT2D eigenvalue weighted by molar-refractivity contribution is 0.0924. The first-order valence-electron chi connectivity index (χ1n) is 6.92. The van der Waals surface area contributed by atoms with E-state index < -0.39 is 0 Å². The fourth-order valence-electron chi connectivity index (χ4n) is 2.67. The van der Waals surface area contributed by atoms with Gasteiger partial charge in [-0.05, 0) is 37.1 Å². The van der Waals surface area contributed by atoms with Gasteiger partial charge in [0.05, 0.1) is 6.26 Å². The second-order valence-electron chi connectivity index (χ2n) is 5.11. The van der Waals surface area contributed by atoms with Gasteiger partial charge in [-0.2, -0.15) is 0 Å². The van der Waals surface area contributed by atoms with E-state index in [1.165, 1.54) is 17.5 Å². The second kappa shape index (κ2) is 5.41. The van der Waals surface area contributed by atoms with Crippen molar-refractivity contribution in [2.75, 3.05) is 18.0 Å². The fourth-order valence-corrected chi connectivity index (χ4v) is 2.67. The molecule has 0 unspecified atom stereocenters. The molecule has 4 nitrogen and oxygen atoms in total. The summed E-state index contributed by atoms with van der Waals surface area (Å²) in [6, 6.07) is 12.1. The van der Waals surface area contributed by atoms with Gasteiger partial charge in [0.25, 0.3) is 5.91 Å². The molecule has 0 radical (unpaired) electrons. The van der Waals surface area contributed by atoms with Crippen molar-refractivity contribution < 1.29 is 9.21 Å². The molecule has 1 amide bonds. The zero-order valence-electron chi connectivity index (χ0n) is 11.5. The molecule has 1 aromatic heterocycles. The van der Waals surface area contributed by atoms with Crippen LogP contribution in [-0.2, 0) is 6.42 Å². The Morgan fingerprint density at radius 1 is 1.35 bits per heavy atom. The summed E-state index contributed by atoms with van der Waals surface area (Å²) in [5, 5.41) is 2.92. The predicted molar refractivity (Wildman–Crippen MR) is 78.0 cm³/mol. The molecule has 0 saturated carbocycles. The van der Waals surface area contributed by atoms with Gasteiger partial charge in [-0.1, -0.05) is 18.2 Å². The average molecular weight is 270 g/mol. The maximum atomic E-state index is 11.8. The molecule has 0 aliphatic carbocycles. The predicted octanol–water partition coefficient (Wildman–Crippen LogP) is 2.46. The Balaban J connectivity index is 1.61. The molecule has 104 valence electrons. The summed E-state index contributed by atoms with van der Waals surface area (Å²) in [5.41, 5.74) is 2.67. The zero-order valence-corrected chi connectivity index (χ0v) is 11.5. The van der Waals surface area contributed by atoms with Crippen molar-refractivity contribution in [2.24, 2.45) is 0 Å². The van der Waals surface area contributed by atoms with Crippen molar-refractivity contribution in [1.82, 2.24) is 5.32 Å². The average Bonchev–Trinajstić information content (AvgIpc) is 3.13. The molecule has 20 heavy (non-hydrogen) atoms. The standard InChI is InChI=1S/C16H18N2O2/c1-12(11-17-16(19)15-7-4-10-20-15)18-9-8-13-5-2-3-6-14(13)18/h2-7,10,12H,8-9,11H2,1H3,(H,17,19)/t12-/m1/s1. The van der Waals surface area contributed by atoms with Gasteiger partial charge in [0.1, 0.15) is 0 Å². The third-order valence-corrected chi connectivity index (χ3v) is 3.76. The molecule has 0 bridgehead atoms. The summed E-state index contributed by atoms with van der Waals surface area (Å²) in [6.07, 6.45) is 2.59. The molecule has 4 heteroatoms. The molecule has 1 N–H and O–H groups in total. The highest BCUT2D eigenvalue weighted by Crippen LogP contribution is 2.28. The van der Waals surface area contributed by atoms with Gasteiger partial charge in [-0.25, -0.2) is 0 Å². The number of amides is 1. The van der Waals surface area contributed by atoms with Crippen LogP contribution in [0.3, 0.4) is 0 Å². The van der Waals surface area contributed by atoms with Crippen LogP contribution in [0, 0.1) is 0 Å². The number of nitrogens with one attached hydrogen (secondary N) is 1. The largest absolute Gasteiger partial charge is 0.459 e. The van der Waals surface area contributed by atoms with E-state index in [-0.39, 0.29) is 11.9 Å². The molecule has 1 aromatic carbocycles.